The van der Waals surface area contributed by atoms with Crippen molar-refractivity contribution < 1.29 is 14.3 Å². The van der Waals surface area contributed by atoms with Crippen LogP contribution in [0.1, 0.15) is 5.56 Å². The third-order valence-electron chi connectivity index (χ3n) is 5.21. The zero-order valence-corrected chi connectivity index (χ0v) is 15.6. The summed E-state index contributed by atoms with van der Waals surface area (Å²) in [6.45, 7) is 3.59. The van der Waals surface area contributed by atoms with E-state index in [0.29, 0.717) is 19.7 Å². The van der Waals surface area contributed by atoms with Crippen LogP contribution in [0, 0.1) is 0 Å². The molecular weight excluding hydrogens is 342 g/mol. The predicted octanol–water partition coefficient (Wildman–Crippen LogP) is 2.53. The van der Waals surface area contributed by atoms with Crippen LogP contribution in [0.25, 0.3) is 0 Å². The van der Waals surface area contributed by atoms with Gasteiger partial charge in [0.25, 0.3) is 0 Å². The van der Waals surface area contributed by atoms with Gasteiger partial charge in [-0.3, -0.25) is 0 Å². The van der Waals surface area contributed by atoms with Gasteiger partial charge in [-0.25, -0.2) is 4.79 Å². The van der Waals surface area contributed by atoms with Gasteiger partial charge in [0.2, 0.25) is 0 Å². The van der Waals surface area contributed by atoms with E-state index in [4.69, 9.17) is 9.47 Å². The Hall–Kier alpha value is -2.89. The molecule has 4 rings (SSSR count). The van der Waals surface area contributed by atoms with E-state index in [2.05, 4.69) is 28.4 Å². The Balaban J connectivity index is 1.28. The molecule has 0 spiro atoms. The zero-order chi connectivity index (χ0) is 18.6. The van der Waals surface area contributed by atoms with Crippen LogP contribution in [0.15, 0.2) is 48.5 Å². The van der Waals surface area contributed by atoms with E-state index in [9.17, 15) is 4.79 Å². The fourth-order valence-corrected chi connectivity index (χ4v) is 3.65. The van der Waals surface area contributed by atoms with E-state index in [1.807, 2.05) is 35.2 Å². The summed E-state index contributed by atoms with van der Waals surface area (Å²) in [7, 11) is 1.67. The number of benzene rings is 2. The molecule has 2 aromatic rings. The number of para-hydroxylation sites is 1. The van der Waals surface area contributed by atoms with Gasteiger partial charge in [-0.1, -0.05) is 18.2 Å². The molecule has 0 unspecified atom stereocenters. The van der Waals surface area contributed by atoms with E-state index in [1.54, 1.807) is 7.11 Å². The van der Waals surface area contributed by atoms with Crippen molar-refractivity contribution in [2.24, 2.45) is 0 Å². The first-order valence-corrected chi connectivity index (χ1v) is 9.38. The number of piperazine rings is 1. The molecule has 2 aliphatic heterocycles. The largest absolute Gasteiger partial charge is 0.497 e. The molecule has 1 saturated heterocycles. The highest BCUT2D eigenvalue weighted by Crippen LogP contribution is 2.24. The van der Waals surface area contributed by atoms with Gasteiger partial charge < -0.3 is 24.6 Å². The predicted molar refractivity (Wildman–Crippen MR) is 105 cm³/mol. The number of ether oxygens (including phenoxy) is 2. The second kappa shape index (κ2) is 7.78. The minimum atomic E-state index is -0.00244. The summed E-state index contributed by atoms with van der Waals surface area (Å²) in [5.41, 5.74) is 2.31. The summed E-state index contributed by atoms with van der Waals surface area (Å²) >= 11 is 0. The maximum atomic E-state index is 12.6. The number of nitrogens with zero attached hydrogens (tertiary/aromatic N) is 2. The zero-order valence-electron chi connectivity index (χ0n) is 15.6. The molecular formula is C21H25N3O3. The van der Waals surface area contributed by atoms with Crippen molar-refractivity contribution >= 4 is 11.7 Å². The number of urea groups is 1. The summed E-state index contributed by atoms with van der Waals surface area (Å²) < 4.78 is 11.0. The Morgan fingerprint density at radius 3 is 2.56 bits per heavy atom. The van der Waals surface area contributed by atoms with E-state index >= 15 is 0 Å². The van der Waals surface area contributed by atoms with Crippen molar-refractivity contribution in [1.29, 1.82) is 0 Å². The van der Waals surface area contributed by atoms with E-state index in [-0.39, 0.29) is 12.1 Å². The van der Waals surface area contributed by atoms with Crippen LogP contribution in [0.5, 0.6) is 11.5 Å². The molecule has 0 aliphatic carbocycles. The fraction of sp³-hybridized carbons (Fsp3) is 0.381. The van der Waals surface area contributed by atoms with Crippen LogP contribution < -0.4 is 19.7 Å². The third kappa shape index (κ3) is 3.94. The lowest BCUT2D eigenvalue weighted by Gasteiger charge is -2.37. The molecule has 2 amide bonds. The highest BCUT2D eigenvalue weighted by molar-refractivity contribution is 5.75. The summed E-state index contributed by atoms with van der Waals surface area (Å²) in [4.78, 5) is 16.8. The number of carbonyl (C=O) groups is 1. The Kier molecular flexibility index (Phi) is 5.05. The second-order valence-corrected chi connectivity index (χ2v) is 6.94. The smallest absolute Gasteiger partial charge is 0.317 e. The van der Waals surface area contributed by atoms with Gasteiger partial charge >= 0.3 is 6.03 Å². The van der Waals surface area contributed by atoms with Crippen LogP contribution in [0.2, 0.25) is 0 Å². The van der Waals surface area contributed by atoms with E-state index in [0.717, 1.165) is 42.3 Å². The molecule has 0 radical (unpaired) electrons. The maximum absolute atomic E-state index is 12.6. The van der Waals surface area contributed by atoms with Gasteiger partial charge in [-0.2, -0.15) is 0 Å². The first kappa shape index (κ1) is 17.5. The van der Waals surface area contributed by atoms with E-state index in [1.165, 1.54) is 0 Å². The molecule has 1 N–H and O–H groups in total. The van der Waals surface area contributed by atoms with Crippen molar-refractivity contribution in [3.63, 3.8) is 0 Å². The molecule has 6 nitrogen and oxygen atoms in total. The Bertz CT molecular complexity index is 786. The molecule has 1 fully saturated rings. The Morgan fingerprint density at radius 1 is 1.07 bits per heavy atom. The number of nitrogens with one attached hydrogen (secondary N) is 1. The number of hydrogen-bond acceptors (Lipinski definition) is 4. The van der Waals surface area contributed by atoms with Crippen LogP contribution in [-0.4, -0.2) is 56.9 Å². The van der Waals surface area contributed by atoms with Gasteiger partial charge in [0.15, 0.2) is 0 Å². The molecule has 142 valence electrons. The van der Waals surface area contributed by atoms with Crippen LogP contribution >= 0.6 is 0 Å². The van der Waals surface area contributed by atoms with Crippen molar-refractivity contribution in [3.05, 3.63) is 54.1 Å². The lowest BCUT2D eigenvalue weighted by Crippen LogP contribution is -2.55. The van der Waals surface area contributed by atoms with Gasteiger partial charge in [-0.15, -0.1) is 0 Å². The fourth-order valence-electron chi connectivity index (χ4n) is 3.65. The Labute approximate surface area is 159 Å². The number of carbonyl (C=O) groups excluding carboxylic acids is 1. The molecule has 0 aromatic heterocycles. The second-order valence-electron chi connectivity index (χ2n) is 6.94. The van der Waals surface area contributed by atoms with Gasteiger partial charge in [0, 0.05) is 31.9 Å². The van der Waals surface area contributed by atoms with Crippen molar-refractivity contribution in [1.82, 2.24) is 10.2 Å². The maximum Gasteiger partial charge on any atom is 0.317 e. The van der Waals surface area contributed by atoms with Gasteiger partial charge in [-0.05, 0) is 42.3 Å². The first-order valence-electron chi connectivity index (χ1n) is 9.38. The molecule has 6 heteroatoms. The molecule has 0 saturated carbocycles. The number of amides is 2. The highest BCUT2D eigenvalue weighted by Gasteiger charge is 2.26. The summed E-state index contributed by atoms with van der Waals surface area (Å²) in [6.07, 6.45) is 0.813. The van der Waals surface area contributed by atoms with Crippen molar-refractivity contribution in [2.75, 3.05) is 44.8 Å². The molecule has 1 atom stereocenters. The summed E-state index contributed by atoms with van der Waals surface area (Å²) in [6, 6.07) is 16.1. The number of anilines is 1. The van der Waals surface area contributed by atoms with Crippen LogP contribution in [-0.2, 0) is 6.42 Å². The van der Waals surface area contributed by atoms with Crippen molar-refractivity contribution in [3.8, 4) is 11.5 Å². The summed E-state index contributed by atoms with van der Waals surface area (Å²) in [5, 5.41) is 3.13. The topological polar surface area (TPSA) is 54.0 Å². The Morgan fingerprint density at radius 2 is 1.81 bits per heavy atom. The number of methoxy groups -OCH3 is 1. The normalized spacial score (nSPS) is 19.1. The minimum absolute atomic E-state index is 0.00244. The first-order chi connectivity index (χ1) is 13.2. The average Bonchev–Trinajstić information content (AvgIpc) is 2.74. The average molecular weight is 367 g/mol. The molecule has 0 bridgehead atoms. The van der Waals surface area contributed by atoms with Gasteiger partial charge in [0.1, 0.15) is 18.1 Å². The SMILES string of the molecule is COc1ccc(N2CCN(C(=O)N[C@H]3COc4ccccc4C3)CC2)cc1. The quantitative estimate of drug-likeness (QED) is 0.906. The lowest BCUT2D eigenvalue weighted by molar-refractivity contribution is 0.178. The number of fused-ring (bicyclic) bond motifs is 1. The van der Waals surface area contributed by atoms with Gasteiger partial charge in [0.05, 0.1) is 13.2 Å². The third-order valence-corrected chi connectivity index (χ3v) is 5.21. The molecule has 2 aromatic carbocycles. The number of rotatable bonds is 3. The molecule has 2 heterocycles. The highest BCUT2D eigenvalue weighted by atomic mass is 16.5. The number of hydrogen-bond donors (Lipinski definition) is 1. The monoisotopic (exact) mass is 367 g/mol. The van der Waals surface area contributed by atoms with Crippen LogP contribution in [0.4, 0.5) is 10.5 Å². The van der Waals surface area contributed by atoms with Crippen molar-refractivity contribution in [2.45, 2.75) is 12.5 Å². The summed E-state index contributed by atoms with van der Waals surface area (Å²) in [5.74, 6) is 1.78. The minimum Gasteiger partial charge on any atom is -0.497 e. The standard InChI is InChI=1S/C21H25N3O3/c1-26-19-8-6-18(7-9-19)23-10-12-24(13-11-23)21(25)22-17-14-16-4-2-3-5-20(16)27-15-17/h2-9,17H,10-15H2,1H3,(H,22,25)/t17-/m1/s1. The van der Waals surface area contributed by atoms with Crippen LogP contribution in [0.3, 0.4) is 0 Å². The molecule has 2 aliphatic rings. The molecule has 27 heavy (non-hydrogen) atoms. The lowest BCUT2D eigenvalue weighted by atomic mass is 10.0. The van der Waals surface area contributed by atoms with E-state index < -0.39 is 0 Å².